The van der Waals surface area contributed by atoms with Gasteiger partial charge in [-0.3, -0.25) is 0 Å². The Morgan fingerprint density at radius 1 is 1.03 bits per heavy atom. The Morgan fingerprint density at radius 3 is 2.16 bits per heavy atom. The Kier molecular flexibility index (Phi) is 9.22. The van der Waals surface area contributed by atoms with Gasteiger partial charge in [-0.15, -0.1) is 0 Å². The molecule has 0 spiro atoms. The van der Waals surface area contributed by atoms with Crippen molar-refractivity contribution < 1.29 is 38.1 Å². The van der Waals surface area contributed by atoms with Crippen molar-refractivity contribution >= 4 is 37.5 Å². The average molecular weight is 512 g/mol. The predicted octanol–water partition coefficient (Wildman–Crippen LogP) is 1.67. The Bertz CT molecular complexity index is 916. The number of hydrogen-bond donors (Lipinski definition) is 0. The van der Waals surface area contributed by atoms with Crippen LogP contribution in [0.4, 0.5) is 0 Å². The summed E-state index contributed by atoms with van der Waals surface area (Å²) in [4.78, 5) is 50.4. The summed E-state index contributed by atoms with van der Waals surface area (Å²) in [5.41, 5.74) is 10.5. The van der Waals surface area contributed by atoms with Gasteiger partial charge in [-0.25, -0.2) is 0 Å². The van der Waals surface area contributed by atoms with Crippen molar-refractivity contribution in [3.8, 4) is 0 Å². The van der Waals surface area contributed by atoms with Crippen LogP contribution in [0.1, 0.15) is 36.7 Å². The Balaban J connectivity index is 2.41. The van der Waals surface area contributed by atoms with E-state index in [0.717, 1.165) is 19.4 Å². The molecule has 32 heavy (non-hydrogen) atoms. The van der Waals surface area contributed by atoms with E-state index in [1.807, 2.05) is 6.92 Å². The summed E-state index contributed by atoms with van der Waals surface area (Å²) in [6, 6.07) is 5.73. The van der Waals surface area contributed by atoms with Gasteiger partial charge in [-0.1, -0.05) is 0 Å². The van der Waals surface area contributed by atoms with Crippen LogP contribution in [0.25, 0.3) is 10.4 Å². The maximum absolute atomic E-state index is 12.9. The van der Waals surface area contributed by atoms with Gasteiger partial charge >= 0.3 is 190 Å². The van der Waals surface area contributed by atoms with E-state index in [-0.39, 0.29) is 11.3 Å². The molecule has 1 aromatic carbocycles. The Labute approximate surface area is 190 Å². The number of carbonyl (C=O) groups excluding carboxylic acids is 4. The normalized spacial score (nSPS) is 24.6. The zero-order valence-electron chi connectivity index (χ0n) is 17.9. The van der Waals surface area contributed by atoms with Crippen molar-refractivity contribution in [1.82, 2.24) is 0 Å². The minimum atomic E-state index is -1.20. The first-order valence-electron chi connectivity index (χ1n) is 9.57. The standard InChI is InChI=1S/C20H23N3O8Se/c1-10-5-7-14(8-6-10)19(27)32-20-18(30-13(4)26)16(22-23-21)17(29-12(3)25)15(31-20)9-28-11(2)24/h5-8,15-18,20H,9H2,1-4H3/t15-,16+,17+,18-,20+/m1/s1. The van der Waals surface area contributed by atoms with Gasteiger partial charge < -0.3 is 0 Å². The quantitative estimate of drug-likeness (QED) is 0.127. The van der Waals surface area contributed by atoms with Crippen LogP contribution in [0.5, 0.6) is 0 Å². The number of carbonyl (C=O) groups is 4. The number of rotatable bonds is 8. The fourth-order valence-corrected chi connectivity index (χ4v) is 5.20. The molecule has 11 nitrogen and oxygen atoms in total. The van der Waals surface area contributed by atoms with Gasteiger partial charge in [0.15, 0.2) is 0 Å². The second kappa shape index (κ2) is 11.6. The van der Waals surface area contributed by atoms with E-state index < -0.39 is 62.2 Å². The molecule has 0 saturated carbocycles. The molecule has 1 fully saturated rings. The minimum absolute atomic E-state index is 0.239. The van der Waals surface area contributed by atoms with Crippen LogP contribution in [0.3, 0.4) is 0 Å². The van der Waals surface area contributed by atoms with Crippen LogP contribution in [0.15, 0.2) is 29.4 Å². The third kappa shape index (κ3) is 7.06. The van der Waals surface area contributed by atoms with Crippen LogP contribution >= 0.6 is 0 Å². The van der Waals surface area contributed by atoms with Gasteiger partial charge in [-0.2, -0.15) is 0 Å². The average Bonchev–Trinajstić information content (AvgIpc) is 2.70. The summed E-state index contributed by atoms with van der Waals surface area (Å²) < 4.78 is 21.3. The number of azide groups is 1. The number of hydrogen-bond acceptors (Lipinski definition) is 9. The monoisotopic (exact) mass is 513 g/mol. The van der Waals surface area contributed by atoms with Gasteiger partial charge in [0.05, 0.1) is 0 Å². The van der Waals surface area contributed by atoms with E-state index in [2.05, 4.69) is 10.0 Å². The summed E-state index contributed by atoms with van der Waals surface area (Å²) in [6.07, 6.45) is -3.42. The molecule has 5 atom stereocenters. The van der Waals surface area contributed by atoms with Crippen molar-refractivity contribution in [3.05, 3.63) is 45.8 Å². The number of benzene rings is 1. The first-order valence-corrected chi connectivity index (χ1v) is 11.4. The summed E-state index contributed by atoms with van der Waals surface area (Å²) in [5.74, 6) is -2.00. The molecule has 1 aliphatic heterocycles. The van der Waals surface area contributed by atoms with Crippen LogP contribution in [-0.2, 0) is 33.3 Å². The Morgan fingerprint density at radius 2 is 1.62 bits per heavy atom. The third-order valence-electron chi connectivity index (χ3n) is 4.37. The van der Waals surface area contributed by atoms with Gasteiger partial charge in [-0.05, 0) is 0 Å². The van der Waals surface area contributed by atoms with Gasteiger partial charge in [0.25, 0.3) is 0 Å². The number of aryl methyl sites for hydroxylation is 1. The Hall–Kier alpha value is -2.91. The molecule has 0 N–H and O–H groups in total. The maximum atomic E-state index is 12.9. The summed E-state index contributed by atoms with van der Waals surface area (Å²) in [7, 11) is 0. The van der Waals surface area contributed by atoms with E-state index in [0.29, 0.717) is 5.56 Å². The van der Waals surface area contributed by atoms with E-state index in [4.69, 9.17) is 24.5 Å². The van der Waals surface area contributed by atoms with Crippen molar-refractivity contribution in [1.29, 1.82) is 0 Å². The second-order valence-corrected chi connectivity index (χ2v) is 9.21. The SMILES string of the molecule is CC(=O)OC[C@H]1O[C@@H]([Se]C(=O)c2ccc(C)cc2)[C@H](OC(C)=O)[C@@H](N=[N+]=[N-])[C@H]1OC(C)=O. The molecule has 0 aliphatic carbocycles. The molecule has 0 amide bonds. The van der Waals surface area contributed by atoms with E-state index in [9.17, 15) is 19.2 Å². The molecule has 1 aliphatic rings. The number of ether oxygens (including phenoxy) is 4. The van der Waals surface area contributed by atoms with Crippen molar-refractivity contribution in [3.63, 3.8) is 0 Å². The zero-order valence-corrected chi connectivity index (χ0v) is 19.6. The molecule has 0 unspecified atom stereocenters. The molecule has 1 aromatic rings. The summed E-state index contributed by atoms with van der Waals surface area (Å²) >= 11 is -0.922. The molecule has 1 saturated heterocycles. The van der Waals surface area contributed by atoms with Gasteiger partial charge in [0, 0.05) is 0 Å². The van der Waals surface area contributed by atoms with Crippen molar-refractivity contribution in [2.45, 2.75) is 57.1 Å². The van der Waals surface area contributed by atoms with Crippen molar-refractivity contribution in [2.24, 2.45) is 5.11 Å². The van der Waals surface area contributed by atoms with Gasteiger partial charge in [0.2, 0.25) is 0 Å². The molecular formula is C20H23N3O8Se. The summed E-state index contributed by atoms with van der Waals surface area (Å²) in [5, 5.41) is 2.69. The first-order chi connectivity index (χ1) is 15.1. The van der Waals surface area contributed by atoms with Crippen LogP contribution in [0.2, 0.25) is 0 Å². The molecule has 0 radical (unpaired) electrons. The van der Waals surface area contributed by atoms with Crippen LogP contribution < -0.4 is 0 Å². The molecule has 172 valence electrons. The molecular weight excluding hydrogens is 489 g/mol. The number of nitrogens with zero attached hydrogens (tertiary/aromatic N) is 3. The summed E-state index contributed by atoms with van der Waals surface area (Å²) in [6.45, 7) is 5.07. The second-order valence-electron chi connectivity index (χ2n) is 6.96. The molecule has 0 bridgehead atoms. The predicted molar refractivity (Wildman–Crippen MR) is 111 cm³/mol. The topological polar surface area (TPSA) is 154 Å². The van der Waals surface area contributed by atoms with Crippen LogP contribution in [0, 0.1) is 6.92 Å². The first kappa shape index (κ1) is 25.4. The van der Waals surface area contributed by atoms with E-state index >= 15 is 0 Å². The third-order valence-corrected chi connectivity index (χ3v) is 6.59. The van der Waals surface area contributed by atoms with E-state index in [1.54, 1.807) is 24.3 Å². The fourth-order valence-electron chi connectivity index (χ4n) is 3.03. The van der Waals surface area contributed by atoms with Crippen LogP contribution in [-0.4, -0.2) is 73.5 Å². The van der Waals surface area contributed by atoms with E-state index in [1.165, 1.54) is 6.92 Å². The number of esters is 3. The zero-order chi connectivity index (χ0) is 23.8. The van der Waals surface area contributed by atoms with Gasteiger partial charge in [0.1, 0.15) is 0 Å². The molecule has 12 heteroatoms. The van der Waals surface area contributed by atoms with Crippen molar-refractivity contribution in [2.75, 3.05) is 6.61 Å². The fraction of sp³-hybridized carbons (Fsp3) is 0.500. The molecule has 1 heterocycles. The molecule has 2 rings (SSSR count). The molecule has 0 aromatic heterocycles.